The number of anilines is 4. The van der Waals surface area contributed by atoms with Crippen LogP contribution >= 0.6 is 12.2 Å². The molecule has 0 saturated carbocycles. The number of methoxy groups -OCH3 is 2. The van der Waals surface area contributed by atoms with Gasteiger partial charge >= 0.3 is 0 Å². The second kappa shape index (κ2) is 8.91. The van der Waals surface area contributed by atoms with Crippen LogP contribution in [0.4, 0.5) is 22.7 Å². The summed E-state index contributed by atoms with van der Waals surface area (Å²) >= 11 is 5.41. The van der Waals surface area contributed by atoms with E-state index in [2.05, 4.69) is 16.0 Å². The van der Waals surface area contributed by atoms with Crippen LogP contribution in [0.3, 0.4) is 0 Å². The fourth-order valence-corrected chi connectivity index (χ4v) is 2.75. The van der Waals surface area contributed by atoms with Crippen LogP contribution in [0, 0.1) is 0 Å². The summed E-state index contributed by atoms with van der Waals surface area (Å²) in [6, 6.07) is 23.4. The molecule has 3 rings (SSSR count). The summed E-state index contributed by atoms with van der Waals surface area (Å²) in [5.74, 6) is 1.40. The number of para-hydroxylation sites is 1. The van der Waals surface area contributed by atoms with Crippen molar-refractivity contribution in [2.24, 2.45) is 0 Å². The van der Waals surface area contributed by atoms with Crippen molar-refractivity contribution in [3.05, 3.63) is 72.8 Å². The van der Waals surface area contributed by atoms with Gasteiger partial charge in [0.25, 0.3) is 0 Å². The minimum Gasteiger partial charge on any atom is -0.497 e. The molecular formula is C21H21N3O2S. The summed E-state index contributed by atoms with van der Waals surface area (Å²) in [6.45, 7) is 0. The Hall–Kier alpha value is -3.25. The lowest BCUT2D eigenvalue weighted by Gasteiger charge is -2.15. The van der Waals surface area contributed by atoms with Gasteiger partial charge in [-0.25, -0.2) is 0 Å². The zero-order valence-electron chi connectivity index (χ0n) is 15.2. The third-order valence-corrected chi connectivity index (χ3v) is 4.06. The average molecular weight is 379 g/mol. The standard InChI is InChI=1S/C21H21N3O2S/c1-25-18-12-13-20(26-2)19(14-18)24-21(27)23-17-10-8-16(9-11-17)22-15-6-4-3-5-7-15/h3-14,22H,1-2H3,(H2,23,24,27). The Bertz CT molecular complexity index is 899. The van der Waals surface area contributed by atoms with E-state index in [1.54, 1.807) is 14.2 Å². The lowest BCUT2D eigenvalue weighted by Crippen LogP contribution is -2.19. The molecule has 0 amide bonds. The van der Waals surface area contributed by atoms with Gasteiger partial charge in [-0.2, -0.15) is 0 Å². The molecule has 0 radical (unpaired) electrons. The van der Waals surface area contributed by atoms with Gasteiger partial charge in [0.1, 0.15) is 11.5 Å². The van der Waals surface area contributed by atoms with Gasteiger partial charge < -0.3 is 25.4 Å². The Morgan fingerprint density at radius 3 is 2.07 bits per heavy atom. The average Bonchev–Trinajstić information content (AvgIpc) is 2.70. The summed E-state index contributed by atoms with van der Waals surface area (Å²) in [4.78, 5) is 0. The molecule has 0 aliphatic carbocycles. The summed E-state index contributed by atoms with van der Waals surface area (Å²) in [5, 5.41) is 10.1. The highest BCUT2D eigenvalue weighted by Gasteiger charge is 2.07. The van der Waals surface area contributed by atoms with Crippen molar-refractivity contribution in [1.29, 1.82) is 0 Å². The van der Waals surface area contributed by atoms with Gasteiger partial charge in [0.05, 0.1) is 19.9 Å². The van der Waals surface area contributed by atoms with Crippen LogP contribution in [0.25, 0.3) is 0 Å². The molecular weight excluding hydrogens is 358 g/mol. The van der Waals surface area contributed by atoms with Gasteiger partial charge in [-0.3, -0.25) is 0 Å². The third kappa shape index (κ3) is 5.12. The van der Waals surface area contributed by atoms with Crippen LogP contribution in [-0.4, -0.2) is 19.3 Å². The number of rotatable bonds is 6. The maximum Gasteiger partial charge on any atom is 0.175 e. The van der Waals surface area contributed by atoms with E-state index in [1.165, 1.54) is 0 Å². The molecule has 3 aromatic carbocycles. The van der Waals surface area contributed by atoms with Crippen LogP contribution in [0.2, 0.25) is 0 Å². The molecule has 27 heavy (non-hydrogen) atoms. The molecule has 0 aromatic heterocycles. The van der Waals surface area contributed by atoms with E-state index in [-0.39, 0.29) is 0 Å². The molecule has 0 aliphatic heterocycles. The largest absolute Gasteiger partial charge is 0.497 e. The molecule has 138 valence electrons. The van der Waals surface area contributed by atoms with Crippen molar-refractivity contribution in [3.63, 3.8) is 0 Å². The predicted molar refractivity (Wildman–Crippen MR) is 116 cm³/mol. The topological polar surface area (TPSA) is 54.6 Å². The van der Waals surface area contributed by atoms with Gasteiger partial charge in [-0.1, -0.05) is 18.2 Å². The predicted octanol–water partition coefficient (Wildman–Crippen LogP) is 5.26. The molecule has 0 aliphatic rings. The zero-order valence-corrected chi connectivity index (χ0v) is 16.0. The molecule has 0 spiro atoms. The monoisotopic (exact) mass is 379 g/mol. The number of thiocarbonyl (C=S) groups is 1. The van der Waals surface area contributed by atoms with Crippen molar-refractivity contribution in [2.45, 2.75) is 0 Å². The molecule has 5 nitrogen and oxygen atoms in total. The molecule has 3 aromatic rings. The highest BCUT2D eigenvalue weighted by atomic mass is 32.1. The lowest BCUT2D eigenvalue weighted by molar-refractivity contribution is 0.405. The fourth-order valence-electron chi connectivity index (χ4n) is 2.52. The second-order valence-electron chi connectivity index (χ2n) is 5.71. The number of hydrogen-bond acceptors (Lipinski definition) is 4. The summed E-state index contributed by atoms with van der Waals surface area (Å²) < 4.78 is 10.6. The Labute approximate surface area is 164 Å². The first-order valence-electron chi connectivity index (χ1n) is 8.40. The Kier molecular flexibility index (Phi) is 6.12. The van der Waals surface area contributed by atoms with Gasteiger partial charge in [0.15, 0.2) is 5.11 Å². The molecule has 3 N–H and O–H groups in total. The molecule has 6 heteroatoms. The highest BCUT2D eigenvalue weighted by molar-refractivity contribution is 7.80. The van der Waals surface area contributed by atoms with Crippen LogP contribution < -0.4 is 25.4 Å². The number of hydrogen-bond donors (Lipinski definition) is 3. The highest BCUT2D eigenvalue weighted by Crippen LogP contribution is 2.29. The quantitative estimate of drug-likeness (QED) is 0.508. The Morgan fingerprint density at radius 2 is 1.41 bits per heavy atom. The van der Waals surface area contributed by atoms with E-state index >= 15 is 0 Å². The molecule has 0 bridgehead atoms. The van der Waals surface area contributed by atoms with E-state index in [4.69, 9.17) is 21.7 Å². The fraction of sp³-hybridized carbons (Fsp3) is 0.0952. The second-order valence-corrected chi connectivity index (χ2v) is 6.12. The minimum absolute atomic E-state index is 0.463. The Balaban J connectivity index is 1.63. The van der Waals surface area contributed by atoms with Gasteiger partial charge in [0, 0.05) is 23.1 Å². The van der Waals surface area contributed by atoms with E-state index in [0.29, 0.717) is 10.9 Å². The minimum atomic E-state index is 0.463. The molecule has 0 fully saturated rings. The van der Waals surface area contributed by atoms with E-state index in [0.717, 1.165) is 28.5 Å². The van der Waals surface area contributed by atoms with Crippen LogP contribution in [0.15, 0.2) is 72.8 Å². The number of benzene rings is 3. The summed E-state index contributed by atoms with van der Waals surface area (Å²) in [5.41, 5.74) is 3.66. The Morgan fingerprint density at radius 1 is 0.741 bits per heavy atom. The molecule has 0 heterocycles. The maximum absolute atomic E-state index is 5.41. The van der Waals surface area contributed by atoms with Crippen LogP contribution in [-0.2, 0) is 0 Å². The first-order valence-corrected chi connectivity index (χ1v) is 8.81. The van der Waals surface area contributed by atoms with E-state index in [1.807, 2.05) is 72.8 Å². The maximum atomic E-state index is 5.41. The lowest BCUT2D eigenvalue weighted by atomic mass is 10.2. The first-order chi connectivity index (χ1) is 13.2. The first kappa shape index (κ1) is 18.5. The molecule has 0 atom stereocenters. The zero-order chi connectivity index (χ0) is 19.1. The van der Waals surface area contributed by atoms with Crippen LogP contribution in [0.1, 0.15) is 0 Å². The summed E-state index contributed by atoms with van der Waals surface area (Å²) in [6.07, 6.45) is 0. The van der Waals surface area contributed by atoms with E-state index < -0.39 is 0 Å². The van der Waals surface area contributed by atoms with Crippen molar-refractivity contribution < 1.29 is 9.47 Å². The molecule has 0 saturated heterocycles. The van der Waals surface area contributed by atoms with Crippen LogP contribution in [0.5, 0.6) is 11.5 Å². The SMILES string of the molecule is COc1ccc(OC)c(NC(=S)Nc2ccc(Nc3ccccc3)cc2)c1. The van der Waals surface area contributed by atoms with Crippen molar-refractivity contribution in [3.8, 4) is 11.5 Å². The summed E-state index contributed by atoms with van der Waals surface area (Å²) in [7, 11) is 3.23. The van der Waals surface area contributed by atoms with Crippen molar-refractivity contribution in [2.75, 3.05) is 30.2 Å². The normalized spacial score (nSPS) is 10.0. The third-order valence-electron chi connectivity index (χ3n) is 3.86. The molecule has 0 unspecified atom stereocenters. The van der Waals surface area contributed by atoms with Crippen molar-refractivity contribution in [1.82, 2.24) is 0 Å². The number of ether oxygens (including phenoxy) is 2. The van der Waals surface area contributed by atoms with Gasteiger partial charge in [0.2, 0.25) is 0 Å². The van der Waals surface area contributed by atoms with Gasteiger partial charge in [-0.15, -0.1) is 0 Å². The smallest absolute Gasteiger partial charge is 0.175 e. The van der Waals surface area contributed by atoms with Gasteiger partial charge in [-0.05, 0) is 60.7 Å². The number of nitrogens with one attached hydrogen (secondary N) is 3. The van der Waals surface area contributed by atoms with Crippen molar-refractivity contribution >= 4 is 40.1 Å². The van der Waals surface area contributed by atoms with E-state index in [9.17, 15) is 0 Å².